The van der Waals surface area contributed by atoms with Gasteiger partial charge in [-0.25, -0.2) is 4.98 Å². The summed E-state index contributed by atoms with van der Waals surface area (Å²) in [5.74, 6) is 0.707. The molecule has 2 aromatic rings. The zero-order valence-corrected chi connectivity index (χ0v) is 11.5. The van der Waals surface area contributed by atoms with Gasteiger partial charge in [-0.3, -0.25) is 0 Å². The molecule has 22 heavy (non-hydrogen) atoms. The number of nitrogens with zero attached hydrogens (tertiary/aromatic N) is 3. The number of fused-ring (bicyclic) bond motifs is 3. The Morgan fingerprint density at radius 3 is 2.91 bits per heavy atom. The molecule has 0 unspecified atom stereocenters. The molecule has 0 radical (unpaired) electrons. The maximum absolute atomic E-state index is 12.9. The first-order chi connectivity index (χ1) is 10.5. The first kappa shape index (κ1) is 14.4. The zero-order chi connectivity index (χ0) is 15.7. The van der Waals surface area contributed by atoms with Gasteiger partial charge in [-0.15, -0.1) is 0 Å². The van der Waals surface area contributed by atoms with Gasteiger partial charge < -0.3 is 9.30 Å². The van der Waals surface area contributed by atoms with Crippen molar-refractivity contribution in [3.05, 3.63) is 35.7 Å². The van der Waals surface area contributed by atoms with E-state index in [9.17, 15) is 13.2 Å². The Morgan fingerprint density at radius 1 is 1.36 bits per heavy atom. The van der Waals surface area contributed by atoms with Crippen LogP contribution >= 0.6 is 0 Å². The Balaban J connectivity index is 2.12. The van der Waals surface area contributed by atoms with E-state index in [4.69, 9.17) is 10.00 Å². The average molecular weight is 307 g/mol. The fraction of sp³-hybridized carbons (Fsp3) is 0.333. The van der Waals surface area contributed by atoms with E-state index in [-0.39, 0.29) is 12.2 Å². The molecular weight excluding hydrogens is 295 g/mol. The predicted octanol–water partition coefficient (Wildman–Crippen LogP) is 3.42. The highest BCUT2D eigenvalue weighted by Gasteiger charge is 2.35. The summed E-state index contributed by atoms with van der Waals surface area (Å²) in [4.78, 5) is 3.73. The Hall–Kier alpha value is -2.49. The molecule has 1 aliphatic heterocycles. The van der Waals surface area contributed by atoms with E-state index in [1.807, 2.05) is 6.07 Å². The number of aryl methyl sites for hydroxylation is 1. The summed E-state index contributed by atoms with van der Waals surface area (Å²) in [7, 11) is 0. The zero-order valence-electron chi connectivity index (χ0n) is 11.5. The molecule has 2 heterocycles. The van der Waals surface area contributed by atoms with Crippen LogP contribution in [0.25, 0.3) is 11.4 Å². The lowest BCUT2D eigenvalue weighted by Crippen LogP contribution is -2.10. The van der Waals surface area contributed by atoms with Crippen LogP contribution in [0.3, 0.4) is 0 Å². The van der Waals surface area contributed by atoms with Crippen LogP contribution < -0.4 is 4.74 Å². The maximum Gasteiger partial charge on any atom is 0.434 e. The number of halogens is 3. The van der Waals surface area contributed by atoms with E-state index in [1.54, 1.807) is 18.2 Å². The molecule has 0 aliphatic carbocycles. The molecule has 0 spiro atoms. The lowest BCUT2D eigenvalue weighted by atomic mass is 10.1. The van der Waals surface area contributed by atoms with Crippen LogP contribution in [0.2, 0.25) is 0 Å². The van der Waals surface area contributed by atoms with Crippen LogP contribution in [0.4, 0.5) is 13.2 Å². The molecule has 3 rings (SSSR count). The normalized spacial score (nSPS) is 14.1. The third-order valence-corrected chi connectivity index (χ3v) is 3.44. The van der Waals surface area contributed by atoms with E-state index < -0.39 is 11.9 Å². The van der Waals surface area contributed by atoms with E-state index >= 15 is 0 Å². The minimum atomic E-state index is -4.48. The number of hydrogen-bond donors (Lipinski definition) is 0. The smallest absolute Gasteiger partial charge is 0.434 e. The van der Waals surface area contributed by atoms with Gasteiger partial charge in [-0.05, 0) is 24.1 Å². The van der Waals surface area contributed by atoms with Gasteiger partial charge in [0, 0.05) is 12.7 Å². The van der Waals surface area contributed by atoms with Crippen molar-refractivity contribution in [2.45, 2.75) is 25.6 Å². The Morgan fingerprint density at radius 2 is 2.18 bits per heavy atom. The molecule has 0 N–H and O–H groups in total. The number of alkyl halides is 3. The number of nitriles is 1. The van der Waals surface area contributed by atoms with Crippen molar-refractivity contribution < 1.29 is 17.9 Å². The average Bonchev–Trinajstić information content (AvgIpc) is 2.85. The van der Waals surface area contributed by atoms with Crippen LogP contribution in [-0.4, -0.2) is 16.2 Å². The Bertz CT molecular complexity index is 743. The van der Waals surface area contributed by atoms with Crippen LogP contribution in [0.15, 0.2) is 24.4 Å². The van der Waals surface area contributed by atoms with Crippen molar-refractivity contribution in [3.8, 4) is 23.2 Å². The van der Waals surface area contributed by atoms with Gasteiger partial charge in [0.25, 0.3) is 0 Å². The monoisotopic (exact) mass is 307 g/mol. The molecule has 1 aromatic heterocycles. The summed E-state index contributed by atoms with van der Waals surface area (Å²) < 4.78 is 45.8. The molecule has 0 fully saturated rings. The first-order valence-electron chi connectivity index (χ1n) is 6.76. The third-order valence-electron chi connectivity index (χ3n) is 3.44. The van der Waals surface area contributed by atoms with Gasteiger partial charge in [0.15, 0.2) is 5.69 Å². The van der Waals surface area contributed by atoms with Crippen LogP contribution in [0, 0.1) is 11.3 Å². The standard InChI is InChI=1S/C15H12F3N3O/c16-15(17,18)13-9-21-6-1-7-22-12-8-10(4-5-19)2-3-11(12)14(21)20-13/h2-3,8-9H,1,4,6-7H2. The first-order valence-corrected chi connectivity index (χ1v) is 6.76. The molecule has 0 atom stereocenters. The highest BCUT2D eigenvalue weighted by molar-refractivity contribution is 5.66. The highest BCUT2D eigenvalue weighted by atomic mass is 19.4. The minimum Gasteiger partial charge on any atom is -0.493 e. The SMILES string of the molecule is N#CCc1ccc2c(c1)OCCCn1cc(C(F)(F)F)nc1-2. The third kappa shape index (κ3) is 2.64. The van der Waals surface area contributed by atoms with Crippen LogP contribution in [0.1, 0.15) is 17.7 Å². The quantitative estimate of drug-likeness (QED) is 0.811. The van der Waals surface area contributed by atoms with Crippen molar-refractivity contribution >= 4 is 0 Å². The van der Waals surface area contributed by atoms with Crippen LogP contribution in [0.5, 0.6) is 5.75 Å². The van der Waals surface area contributed by atoms with Gasteiger partial charge in [0.05, 0.1) is 24.7 Å². The summed E-state index contributed by atoms with van der Waals surface area (Å²) in [6.45, 7) is 0.819. The lowest BCUT2D eigenvalue weighted by molar-refractivity contribution is -0.140. The summed E-state index contributed by atoms with van der Waals surface area (Å²) >= 11 is 0. The molecule has 114 valence electrons. The Kier molecular flexibility index (Phi) is 3.53. The van der Waals surface area contributed by atoms with Gasteiger partial charge in [-0.2, -0.15) is 18.4 Å². The summed E-state index contributed by atoms with van der Waals surface area (Å²) in [5.41, 5.74) is 0.365. The topological polar surface area (TPSA) is 50.8 Å². The molecule has 0 saturated heterocycles. The summed E-state index contributed by atoms with van der Waals surface area (Å²) in [6, 6.07) is 7.09. The number of imidazole rings is 1. The number of rotatable bonds is 1. The van der Waals surface area contributed by atoms with Crippen molar-refractivity contribution in [2.24, 2.45) is 0 Å². The fourth-order valence-corrected chi connectivity index (χ4v) is 2.43. The number of aromatic nitrogens is 2. The van der Waals surface area contributed by atoms with Gasteiger partial charge in [0.2, 0.25) is 0 Å². The number of benzene rings is 1. The maximum atomic E-state index is 12.9. The predicted molar refractivity (Wildman–Crippen MR) is 72.1 cm³/mol. The minimum absolute atomic E-state index is 0.221. The second-order valence-electron chi connectivity index (χ2n) is 5.01. The van der Waals surface area contributed by atoms with Crippen LogP contribution in [-0.2, 0) is 19.1 Å². The highest BCUT2D eigenvalue weighted by Crippen LogP contribution is 2.36. The summed E-state index contributed by atoms with van der Waals surface area (Å²) in [6.07, 6.45) is -2.63. The van der Waals surface area contributed by atoms with Gasteiger partial charge in [-0.1, -0.05) is 6.07 Å². The second kappa shape index (κ2) is 5.37. The molecule has 1 aromatic carbocycles. The molecular formula is C15H12F3N3O. The fourth-order valence-electron chi connectivity index (χ4n) is 2.43. The molecule has 7 heteroatoms. The van der Waals surface area contributed by atoms with Crippen molar-refractivity contribution in [1.82, 2.24) is 9.55 Å². The van der Waals surface area contributed by atoms with Gasteiger partial charge >= 0.3 is 6.18 Å². The molecule has 1 aliphatic rings. The second-order valence-corrected chi connectivity index (χ2v) is 5.01. The number of ether oxygens (including phenoxy) is 1. The largest absolute Gasteiger partial charge is 0.493 e. The van der Waals surface area contributed by atoms with Gasteiger partial charge in [0.1, 0.15) is 11.6 Å². The van der Waals surface area contributed by atoms with E-state index in [0.29, 0.717) is 30.9 Å². The summed E-state index contributed by atoms with van der Waals surface area (Å²) in [5, 5.41) is 8.74. The van der Waals surface area contributed by atoms with Crippen molar-refractivity contribution in [3.63, 3.8) is 0 Å². The van der Waals surface area contributed by atoms with E-state index in [1.165, 1.54) is 4.57 Å². The lowest BCUT2D eigenvalue weighted by Gasteiger charge is -2.17. The number of hydrogen-bond acceptors (Lipinski definition) is 3. The van der Waals surface area contributed by atoms with E-state index in [0.717, 1.165) is 11.8 Å². The molecule has 0 amide bonds. The van der Waals surface area contributed by atoms with Crippen molar-refractivity contribution in [1.29, 1.82) is 5.26 Å². The Labute approximate surface area is 124 Å². The molecule has 0 saturated carbocycles. The molecule has 4 nitrogen and oxygen atoms in total. The molecule has 0 bridgehead atoms. The van der Waals surface area contributed by atoms with Crippen molar-refractivity contribution in [2.75, 3.05) is 6.61 Å². The van der Waals surface area contributed by atoms with E-state index in [2.05, 4.69) is 4.98 Å².